The number of ketones is 1. The molecule has 1 aliphatic heterocycles. The molecule has 0 atom stereocenters. The number of hydrogen-bond acceptors (Lipinski definition) is 4. The summed E-state index contributed by atoms with van der Waals surface area (Å²) in [5.41, 5.74) is 1.48. The summed E-state index contributed by atoms with van der Waals surface area (Å²) < 4.78 is 16.1. The maximum Gasteiger partial charge on any atom is 0.185 e. The van der Waals surface area contributed by atoms with E-state index in [1.54, 1.807) is 37.5 Å². The minimum atomic E-state index is -0.0835. The fourth-order valence-electron chi connectivity index (χ4n) is 2.21. The van der Waals surface area contributed by atoms with Crippen LogP contribution in [0, 0.1) is 0 Å². The number of benzene rings is 2. The lowest BCUT2D eigenvalue weighted by Crippen LogP contribution is -2.15. The highest BCUT2D eigenvalue weighted by Crippen LogP contribution is 2.31. The minimum absolute atomic E-state index is 0.0835. The van der Waals surface area contributed by atoms with Crippen LogP contribution in [-0.4, -0.2) is 26.1 Å². The van der Waals surface area contributed by atoms with Gasteiger partial charge in [0.05, 0.1) is 7.11 Å². The van der Waals surface area contributed by atoms with Crippen molar-refractivity contribution in [3.63, 3.8) is 0 Å². The van der Waals surface area contributed by atoms with Crippen molar-refractivity contribution < 1.29 is 19.0 Å². The standard InChI is InChI=1S/C18H16O4/c1-20-15-4-2-3-13(11-15)5-7-16(19)14-6-8-17-18(12-14)22-10-9-21-17/h2-8,11-12H,9-10H2,1H3. The molecule has 22 heavy (non-hydrogen) atoms. The topological polar surface area (TPSA) is 44.8 Å². The van der Waals surface area contributed by atoms with Crippen molar-refractivity contribution in [3.05, 3.63) is 59.7 Å². The summed E-state index contributed by atoms with van der Waals surface area (Å²) in [6.07, 6.45) is 3.31. The molecular weight excluding hydrogens is 280 g/mol. The molecule has 0 fully saturated rings. The first-order chi connectivity index (χ1) is 10.8. The quantitative estimate of drug-likeness (QED) is 0.641. The summed E-state index contributed by atoms with van der Waals surface area (Å²) in [5, 5.41) is 0. The molecule has 0 saturated carbocycles. The van der Waals surface area contributed by atoms with Crippen molar-refractivity contribution in [2.45, 2.75) is 0 Å². The van der Waals surface area contributed by atoms with Crippen molar-refractivity contribution in [1.82, 2.24) is 0 Å². The number of rotatable bonds is 4. The number of carbonyl (C=O) groups excluding carboxylic acids is 1. The Morgan fingerprint density at radius 2 is 1.91 bits per heavy atom. The molecule has 112 valence electrons. The van der Waals surface area contributed by atoms with Gasteiger partial charge in [0, 0.05) is 5.56 Å². The van der Waals surface area contributed by atoms with E-state index in [1.807, 2.05) is 24.3 Å². The minimum Gasteiger partial charge on any atom is -0.497 e. The summed E-state index contributed by atoms with van der Waals surface area (Å²) in [5.74, 6) is 1.97. The fourth-order valence-corrected chi connectivity index (χ4v) is 2.21. The molecule has 0 aliphatic carbocycles. The second-order valence-electron chi connectivity index (χ2n) is 4.83. The first kappa shape index (κ1) is 14.2. The zero-order chi connectivity index (χ0) is 15.4. The predicted octanol–water partition coefficient (Wildman–Crippen LogP) is 3.36. The second kappa shape index (κ2) is 6.35. The molecule has 0 bridgehead atoms. The van der Waals surface area contributed by atoms with Crippen molar-refractivity contribution >= 4 is 11.9 Å². The Morgan fingerprint density at radius 1 is 1.09 bits per heavy atom. The summed E-state index contributed by atoms with van der Waals surface area (Å²) in [4.78, 5) is 12.2. The van der Waals surface area contributed by atoms with E-state index in [-0.39, 0.29) is 5.78 Å². The van der Waals surface area contributed by atoms with Gasteiger partial charge in [0.2, 0.25) is 0 Å². The van der Waals surface area contributed by atoms with Crippen LogP contribution in [0.4, 0.5) is 0 Å². The predicted molar refractivity (Wildman–Crippen MR) is 83.8 cm³/mol. The molecular formula is C18H16O4. The van der Waals surface area contributed by atoms with Gasteiger partial charge < -0.3 is 14.2 Å². The molecule has 2 aromatic carbocycles. The van der Waals surface area contributed by atoms with Crippen molar-refractivity contribution in [2.75, 3.05) is 20.3 Å². The SMILES string of the molecule is COc1cccc(C=CC(=O)c2ccc3c(c2)OCCO3)c1. The van der Waals surface area contributed by atoms with Crippen LogP contribution < -0.4 is 14.2 Å². The van der Waals surface area contributed by atoms with E-state index in [9.17, 15) is 4.79 Å². The van der Waals surface area contributed by atoms with Crippen molar-refractivity contribution in [3.8, 4) is 17.2 Å². The Kier molecular flexibility index (Phi) is 4.10. The average Bonchev–Trinajstić information content (AvgIpc) is 2.59. The first-order valence-corrected chi connectivity index (χ1v) is 7.02. The highest BCUT2D eigenvalue weighted by atomic mass is 16.6. The molecule has 0 unspecified atom stereocenters. The van der Waals surface area contributed by atoms with Crippen LogP contribution in [0.2, 0.25) is 0 Å². The van der Waals surface area contributed by atoms with Crippen LogP contribution >= 0.6 is 0 Å². The van der Waals surface area contributed by atoms with Crippen LogP contribution in [0.3, 0.4) is 0 Å². The third-order valence-electron chi connectivity index (χ3n) is 3.35. The van der Waals surface area contributed by atoms with Crippen LogP contribution in [0.5, 0.6) is 17.2 Å². The number of fused-ring (bicyclic) bond motifs is 1. The lowest BCUT2D eigenvalue weighted by molar-refractivity contribution is 0.104. The van der Waals surface area contributed by atoms with Crippen LogP contribution in [0.1, 0.15) is 15.9 Å². The largest absolute Gasteiger partial charge is 0.497 e. The normalized spacial score (nSPS) is 13.1. The van der Waals surface area contributed by atoms with Gasteiger partial charge in [-0.25, -0.2) is 0 Å². The van der Waals surface area contributed by atoms with E-state index in [1.165, 1.54) is 0 Å². The summed E-state index contributed by atoms with van der Waals surface area (Å²) >= 11 is 0. The van der Waals surface area contributed by atoms with Gasteiger partial charge in [-0.2, -0.15) is 0 Å². The lowest BCUT2D eigenvalue weighted by Gasteiger charge is -2.18. The lowest BCUT2D eigenvalue weighted by atomic mass is 10.1. The molecule has 0 saturated heterocycles. The molecule has 1 heterocycles. The van der Waals surface area contributed by atoms with Crippen LogP contribution in [0.15, 0.2) is 48.5 Å². The zero-order valence-corrected chi connectivity index (χ0v) is 12.2. The molecule has 0 radical (unpaired) electrons. The van der Waals surface area contributed by atoms with Crippen molar-refractivity contribution in [2.24, 2.45) is 0 Å². The Morgan fingerprint density at radius 3 is 2.73 bits per heavy atom. The highest BCUT2D eigenvalue weighted by molar-refractivity contribution is 6.07. The van der Waals surface area contributed by atoms with Gasteiger partial charge in [-0.05, 0) is 42.0 Å². The maximum atomic E-state index is 12.2. The highest BCUT2D eigenvalue weighted by Gasteiger charge is 2.13. The van der Waals surface area contributed by atoms with E-state index >= 15 is 0 Å². The molecule has 0 spiro atoms. The Bertz CT molecular complexity index is 719. The van der Waals surface area contributed by atoms with E-state index in [0.29, 0.717) is 30.3 Å². The van der Waals surface area contributed by atoms with Gasteiger partial charge in [0.1, 0.15) is 19.0 Å². The molecule has 0 N–H and O–H groups in total. The second-order valence-corrected chi connectivity index (χ2v) is 4.83. The molecule has 0 amide bonds. The maximum absolute atomic E-state index is 12.2. The Labute approximate surface area is 128 Å². The molecule has 4 heteroatoms. The van der Waals surface area contributed by atoms with Crippen LogP contribution in [-0.2, 0) is 0 Å². The average molecular weight is 296 g/mol. The number of hydrogen-bond donors (Lipinski definition) is 0. The summed E-state index contributed by atoms with van der Waals surface area (Å²) in [7, 11) is 1.61. The molecule has 0 aromatic heterocycles. The first-order valence-electron chi connectivity index (χ1n) is 7.02. The third-order valence-corrected chi connectivity index (χ3v) is 3.35. The third kappa shape index (κ3) is 3.11. The van der Waals surface area contributed by atoms with Gasteiger partial charge in [0.25, 0.3) is 0 Å². The van der Waals surface area contributed by atoms with E-state index in [4.69, 9.17) is 14.2 Å². The fraction of sp³-hybridized carbons (Fsp3) is 0.167. The van der Waals surface area contributed by atoms with Gasteiger partial charge in [-0.15, -0.1) is 0 Å². The van der Waals surface area contributed by atoms with E-state index in [0.717, 1.165) is 11.3 Å². The van der Waals surface area contributed by atoms with Gasteiger partial charge in [-0.1, -0.05) is 18.2 Å². The molecule has 1 aliphatic rings. The Hall–Kier alpha value is -2.75. The Balaban J connectivity index is 1.77. The van der Waals surface area contributed by atoms with E-state index in [2.05, 4.69) is 0 Å². The monoisotopic (exact) mass is 296 g/mol. The van der Waals surface area contributed by atoms with Crippen LogP contribution in [0.25, 0.3) is 6.08 Å². The number of allylic oxidation sites excluding steroid dienone is 1. The molecule has 2 aromatic rings. The van der Waals surface area contributed by atoms with Gasteiger partial charge in [0.15, 0.2) is 17.3 Å². The summed E-state index contributed by atoms with van der Waals surface area (Å²) in [6, 6.07) is 12.7. The van der Waals surface area contributed by atoms with Crippen molar-refractivity contribution in [1.29, 1.82) is 0 Å². The van der Waals surface area contributed by atoms with Gasteiger partial charge in [-0.3, -0.25) is 4.79 Å². The number of methoxy groups -OCH3 is 1. The summed E-state index contributed by atoms with van der Waals surface area (Å²) in [6.45, 7) is 1.04. The number of ether oxygens (including phenoxy) is 3. The molecule has 4 nitrogen and oxygen atoms in total. The molecule has 3 rings (SSSR count). The smallest absolute Gasteiger partial charge is 0.185 e. The number of carbonyl (C=O) groups is 1. The van der Waals surface area contributed by atoms with E-state index < -0.39 is 0 Å². The zero-order valence-electron chi connectivity index (χ0n) is 12.2. The van der Waals surface area contributed by atoms with Gasteiger partial charge >= 0.3 is 0 Å².